The van der Waals surface area contributed by atoms with Crippen molar-refractivity contribution in [3.63, 3.8) is 0 Å². The summed E-state index contributed by atoms with van der Waals surface area (Å²) in [6, 6.07) is 14.3. The van der Waals surface area contributed by atoms with Crippen molar-refractivity contribution < 1.29 is 14.3 Å². The van der Waals surface area contributed by atoms with E-state index < -0.39 is 0 Å². The highest BCUT2D eigenvalue weighted by Gasteiger charge is 2.08. The molecule has 0 fully saturated rings. The van der Waals surface area contributed by atoms with Crippen molar-refractivity contribution in [1.82, 2.24) is 5.32 Å². The summed E-state index contributed by atoms with van der Waals surface area (Å²) in [7, 11) is 0. The average Bonchev–Trinajstić information content (AvgIpc) is 2.66. The number of ether oxygens (including phenoxy) is 1. The quantitative estimate of drug-likeness (QED) is 0.645. The van der Waals surface area contributed by atoms with Crippen molar-refractivity contribution in [2.45, 2.75) is 20.3 Å². The maximum atomic E-state index is 12.1. The lowest BCUT2D eigenvalue weighted by Gasteiger charge is -2.12. The molecule has 2 amide bonds. The van der Waals surface area contributed by atoms with Gasteiger partial charge in [-0.3, -0.25) is 9.59 Å². The van der Waals surface area contributed by atoms with Crippen LogP contribution in [0.25, 0.3) is 0 Å². The van der Waals surface area contributed by atoms with Crippen molar-refractivity contribution in [3.05, 3.63) is 54.1 Å². The Labute approximate surface area is 153 Å². The number of carbonyl (C=O) groups is 2. The van der Waals surface area contributed by atoms with Crippen molar-refractivity contribution in [3.8, 4) is 5.75 Å². The number of para-hydroxylation sites is 2. The molecule has 0 saturated carbocycles. The number of rotatable bonds is 9. The molecule has 6 nitrogen and oxygen atoms in total. The van der Waals surface area contributed by atoms with E-state index >= 15 is 0 Å². The van der Waals surface area contributed by atoms with E-state index in [-0.39, 0.29) is 18.4 Å². The molecule has 0 bridgehead atoms. The first kappa shape index (κ1) is 19.3. The Balaban J connectivity index is 1.86. The molecular formula is C20H25N3O3. The SMILES string of the molecule is CCCNC(=O)c1ccc(NCC(=O)Nc2ccccc2OCC)cc1. The summed E-state index contributed by atoms with van der Waals surface area (Å²) in [5.74, 6) is 0.372. The van der Waals surface area contributed by atoms with Gasteiger partial charge in [0, 0.05) is 17.8 Å². The first-order chi connectivity index (χ1) is 12.6. The highest BCUT2D eigenvalue weighted by atomic mass is 16.5. The number of hydrogen-bond donors (Lipinski definition) is 3. The minimum atomic E-state index is -0.179. The molecule has 2 aromatic rings. The lowest BCUT2D eigenvalue weighted by Crippen LogP contribution is -2.24. The van der Waals surface area contributed by atoms with Crippen LogP contribution in [0, 0.1) is 0 Å². The van der Waals surface area contributed by atoms with E-state index in [9.17, 15) is 9.59 Å². The fourth-order valence-electron chi connectivity index (χ4n) is 2.31. The smallest absolute Gasteiger partial charge is 0.251 e. The van der Waals surface area contributed by atoms with E-state index in [2.05, 4.69) is 16.0 Å². The monoisotopic (exact) mass is 355 g/mol. The second-order valence-corrected chi connectivity index (χ2v) is 5.66. The Morgan fingerprint density at radius 3 is 2.42 bits per heavy atom. The van der Waals surface area contributed by atoms with Crippen LogP contribution in [0.1, 0.15) is 30.6 Å². The van der Waals surface area contributed by atoms with Gasteiger partial charge < -0.3 is 20.7 Å². The van der Waals surface area contributed by atoms with Gasteiger partial charge in [-0.15, -0.1) is 0 Å². The number of hydrogen-bond acceptors (Lipinski definition) is 4. The first-order valence-electron chi connectivity index (χ1n) is 8.77. The van der Waals surface area contributed by atoms with Crippen LogP contribution in [0.5, 0.6) is 5.75 Å². The molecule has 0 spiro atoms. The number of carbonyl (C=O) groups excluding carboxylic acids is 2. The molecule has 2 rings (SSSR count). The zero-order valence-electron chi connectivity index (χ0n) is 15.2. The van der Waals surface area contributed by atoms with Gasteiger partial charge >= 0.3 is 0 Å². The first-order valence-corrected chi connectivity index (χ1v) is 8.77. The van der Waals surface area contributed by atoms with Crippen LogP contribution in [0.4, 0.5) is 11.4 Å². The molecule has 0 unspecified atom stereocenters. The summed E-state index contributed by atoms with van der Waals surface area (Å²) in [6.45, 7) is 5.20. The summed E-state index contributed by atoms with van der Waals surface area (Å²) in [6.07, 6.45) is 0.896. The van der Waals surface area contributed by atoms with E-state index in [1.165, 1.54) is 0 Å². The van der Waals surface area contributed by atoms with Crippen LogP contribution < -0.4 is 20.7 Å². The highest BCUT2D eigenvalue weighted by molar-refractivity contribution is 5.96. The fraction of sp³-hybridized carbons (Fsp3) is 0.300. The molecule has 0 aliphatic rings. The van der Waals surface area contributed by atoms with Crippen LogP contribution >= 0.6 is 0 Å². The lowest BCUT2D eigenvalue weighted by atomic mass is 10.2. The van der Waals surface area contributed by atoms with E-state index in [4.69, 9.17) is 4.74 Å². The van der Waals surface area contributed by atoms with Crippen molar-refractivity contribution >= 4 is 23.2 Å². The van der Waals surface area contributed by atoms with Gasteiger partial charge in [-0.25, -0.2) is 0 Å². The molecule has 0 aromatic heterocycles. The summed E-state index contributed by atoms with van der Waals surface area (Å²) in [5.41, 5.74) is 2.01. The van der Waals surface area contributed by atoms with E-state index in [1.807, 2.05) is 32.0 Å². The van der Waals surface area contributed by atoms with Crippen molar-refractivity contribution in [2.75, 3.05) is 30.3 Å². The summed E-state index contributed by atoms with van der Waals surface area (Å²) in [5, 5.41) is 8.69. The molecule has 0 heterocycles. The Morgan fingerprint density at radius 2 is 1.73 bits per heavy atom. The number of benzene rings is 2. The number of nitrogens with one attached hydrogen (secondary N) is 3. The summed E-state index contributed by atoms with van der Waals surface area (Å²) < 4.78 is 5.49. The number of anilines is 2. The average molecular weight is 355 g/mol. The van der Waals surface area contributed by atoms with Gasteiger partial charge in [0.15, 0.2) is 0 Å². The third-order valence-corrected chi connectivity index (χ3v) is 3.60. The third-order valence-electron chi connectivity index (χ3n) is 3.60. The second-order valence-electron chi connectivity index (χ2n) is 5.66. The molecule has 26 heavy (non-hydrogen) atoms. The van der Waals surface area contributed by atoms with Crippen molar-refractivity contribution in [2.24, 2.45) is 0 Å². The van der Waals surface area contributed by atoms with Crippen LogP contribution in [-0.4, -0.2) is 31.5 Å². The summed E-state index contributed by atoms with van der Waals surface area (Å²) >= 11 is 0. The lowest BCUT2D eigenvalue weighted by molar-refractivity contribution is -0.114. The minimum absolute atomic E-state index is 0.0938. The zero-order chi connectivity index (χ0) is 18.8. The topological polar surface area (TPSA) is 79.5 Å². The third kappa shape index (κ3) is 5.81. The van der Waals surface area contributed by atoms with Crippen LogP contribution in [0.15, 0.2) is 48.5 Å². The predicted octanol–water partition coefficient (Wildman–Crippen LogP) is 3.28. The molecule has 0 saturated heterocycles. The fourth-order valence-corrected chi connectivity index (χ4v) is 2.31. The molecule has 0 radical (unpaired) electrons. The van der Waals surface area contributed by atoms with Gasteiger partial charge in [0.2, 0.25) is 5.91 Å². The van der Waals surface area contributed by atoms with Crippen molar-refractivity contribution in [1.29, 1.82) is 0 Å². The Kier molecular flexibility index (Phi) is 7.49. The van der Waals surface area contributed by atoms with Gasteiger partial charge in [0.25, 0.3) is 5.91 Å². The Hall–Kier alpha value is -3.02. The van der Waals surface area contributed by atoms with E-state index in [0.29, 0.717) is 30.2 Å². The zero-order valence-corrected chi connectivity index (χ0v) is 15.2. The molecule has 0 aliphatic carbocycles. The van der Waals surface area contributed by atoms with E-state index in [0.717, 1.165) is 12.1 Å². The highest BCUT2D eigenvalue weighted by Crippen LogP contribution is 2.23. The minimum Gasteiger partial charge on any atom is -0.492 e. The van der Waals surface area contributed by atoms with Gasteiger partial charge in [0.1, 0.15) is 5.75 Å². The van der Waals surface area contributed by atoms with Crippen LogP contribution in [0.3, 0.4) is 0 Å². The molecular weight excluding hydrogens is 330 g/mol. The number of amides is 2. The molecule has 3 N–H and O–H groups in total. The van der Waals surface area contributed by atoms with Gasteiger partial charge in [-0.2, -0.15) is 0 Å². The molecule has 138 valence electrons. The van der Waals surface area contributed by atoms with Crippen LogP contribution in [-0.2, 0) is 4.79 Å². The maximum absolute atomic E-state index is 12.1. The molecule has 2 aromatic carbocycles. The second kappa shape index (κ2) is 10.1. The molecule has 0 aliphatic heterocycles. The Bertz CT molecular complexity index is 729. The van der Waals surface area contributed by atoms with Gasteiger partial charge in [-0.1, -0.05) is 19.1 Å². The normalized spacial score (nSPS) is 10.1. The standard InChI is InChI=1S/C20H25N3O3/c1-3-13-21-20(25)15-9-11-16(12-10-15)22-14-19(24)23-17-7-5-6-8-18(17)26-4-2/h5-12,22H,3-4,13-14H2,1-2H3,(H,21,25)(H,23,24). The molecule has 6 heteroatoms. The van der Waals surface area contributed by atoms with Gasteiger partial charge in [0.05, 0.1) is 18.8 Å². The molecule has 0 atom stereocenters. The largest absolute Gasteiger partial charge is 0.492 e. The maximum Gasteiger partial charge on any atom is 0.251 e. The Morgan fingerprint density at radius 1 is 1.00 bits per heavy atom. The van der Waals surface area contributed by atoms with Crippen LogP contribution in [0.2, 0.25) is 0 Å². The predicted molar refractivity (Wildman–Crippen MR) is 104 cm³/mol. The summed E-state index contributed by atoms with van der Waals surface area (Å²) in [4.78, 5) is 24.0. The van der Waals surface area contributed by atoms with Gasteiger partial charge in [-0.05, 0) is 49.7 Å². The van der Waals surface area contributed by atoms with E-state index in [1.54, 1.807) is 30.3 Å².